The predicted octanol–water partition coefficient (Wildman–Crippen LogP) is 4.56. The Morgan fingerprint density at radius 1 is 1.16 bits per heavy atom. The molecule has 4 rings (SSSR count). The van der Waals surface area contributed by atoms with Gasteiger partial charge in [-0.05, 0) is 29.7 Å². The van der Waals surface area contributed by atoms with E-state index in [1.54, 1.807) is 12.1 Å². The Labute approximate surface area is 117 Å². The van der Waals surface area contributed by atoms with Crippen LogP contribution in [0.1, 0.15) is 0 Å². The summed E-state index contributed by atoms with van der Waals surface area (Å²) in [6, 6.07) is 11.7. The van der Waals surface area contributed by atoms with Gasteiger partial charge in [0.1, 0.15) is 6.20 Å². The Morgan fingerprint density at radius 2 is 2.05 bits per heavy atom. The Bertz CT molecular complexity index is 897. The number of fused-ring (bicyclic) bond motifs is 2. The molecule has 2 heterocycles. The first-order chi connectivity index (χ1) is 9.34. The second-order valence-electron chi connectivity index (χ2n) is 4.12. The highest BCUT2D eigenvalue weighted by molar-refractivity contribution is 7.13. The van der Waals surface area contributed by atoms with E-state index in [4.69, 9.17) is 16.1 Å². The van der Waals surface area contributed by atoms with E-state index >= 15 is 0 Å². The lowest BCUT2D eigenvalue weighted by Crippen LogP contribution is -1.82. The molecule has 2 aromatic carbocycles. The Morgan fingerprint density at radius 3 is 3.00 bits per heavy atom. The highest BCUT2D eigenvalue weighted by Crippen LogP contribution is 2.39. The molecule has 0 aliphatic carbocycles. The second-order valence-corrected chi connectivity index (χ2v) is 5.33. The van der Waals surface area contributed by atoms with E-state index in [0.29, 0.717) is 10.6 Å². The van der Waals surface area contributed by atoms with Gasteiger partial charge >= 0.3 is 0 Å². The summed E-state index contributed by atoms with van der Waals surface area (Å²) in [7, 11) is 0. The van der Waals surface area contributed by atoms with Gasteiger partial charge in [-0.1, -0.05) is 35.0 Å². The number of hydrogen-bond acceptors (Lipinski definition) is 4. The fourth-order valence-corrected chi connectivity index (χ4v) is 3.19. The van der Waals surface area contributed by atoms with Crippen LogP contribution in [0.15, 0.2) is 40.9 Å². The Kier molecular flexibility index (Phi) is 2.33. The van der Waals surface area contributed by atoms with E-state index in [1.165, 1.54) is 11.5 Å². The van der Waals surface area contributed by atoms with Crippen LogP contribution in [0, 0.1) is 6.20 Å². The van der Waals surface area contributed by atoms with E-state index in [0.717, 1.165) is 26.7 Å². The lowest BCUT2D eigenvalue weighted by atomic mass is 10.0. The van der Waals surface area contributed by atoms with Crippen molar-refractivity contribution in [2.75, 3.05) is 0 Å². The van der Waals surface area contributed by atoms with Crippen LogP contribution in [0.4, 0.5) is 0 Å². The van der Waals surface area contributed by atoms with Crippen LogP contribution in [-0.2, 0) is 0 Å². The summed E-state index contributed by atoms with van der Waals surface area (Å²) in [5, 5.41) is 6.19. The summed E-state index contributed by atoms with van der Waals surface area (Å²) in [6.07, 6.45) is 2.85. The zero-order valence-electron chi connectivity index (χ0n) is 9.55. The van der Waals surface area contributed by atoms with Gasteiger partial charge in [-0.15, -0.1) is 0 Å². The molecule has 0 fully saturated rings. The molecule has 0 saturated carbocycles. The van der Waals surface area contributed by atoms with Crippen LogP contribution in [0.25, 0.3) is 32.3 Å². The summed E-state index contributed by atoms with van der Waals surface area (Å²) in [4.78, 5) is 0. The van der Waals surface area contributed by atoms with Crippen molar-refractivity contribution in [1.82, 2.24) is 9.53 Å². The molecule has 91 valence electrons. The van der Waals surface area contributed by atoms with E-state index in [2.05, 4.69) is 15.7 Å². The highest BCUT2D eigenvalue weighted by Gasteiger charge is 2.16. The van der Waals surface area contributed by atoms with E-state index in [-0.39, 0.29) is 0 Å². The molecule has 0 N–H and O–H groups in total. The summed E-state index contributed by atoms with van der Waals surface area (Å²) in [5.41, 5.74) is 2.35. The molecule has 0 aliphatic heterocycles. The number of benzene rings is 2. The number of nitrogens with zero attached hydrogens (tertiary/aromatic N) is 2. The van der Waals surface area contributed by atoms with Gasteiger partial charge in [-0.3, -0.25) is 0 Å². The van der Waals surface area contributed by atoms with Crippen LogP contribution in [0.3, 0.4) is 0 Å². The molecule has 0 saturated heterocycles. The van der Waals surface area contributed by atoms with E-state index in [9.17, 15) is 0 Å². The van der Waals surface area contributed by atoms with Crippen LogP contribution in [0.2, 0.25) is 5.02 Å². The first-order valence-electron chi connectivity index (χ1n) is 5.65. The summed E-state index contributed by atoms with van der Waals surface area (Å²) < 4.78 is 10.8. The van der Waals surface area contributed by atoms with E-state index < -0.39 is 0 Å². The number of halogens is 1. The Balaban J connectivity index is 2.14. The molecule has 4 aromatic rings. The van der Waals surface area contributed by atoms with Crippen molar-refractivity contribution in [3.63, 3.8) is 0 Å². The molecular weight excluding hydrogens is 280 g/mol. The van der Waals surface area contributed by atoms with Crippen LogP contribution in [0.5, 0.6) is 0 Å². The minimum atomic E-state index is 0.628. The maximum Gasteiger partial charge on any atom is 0.168 e. The number of aromatic nitrogens is 2. The van der Waals surface area contributed by atoms with Gasteiger partial charge in [-0.25, -0.2) is 0 Å². The van der Waals surface area contributed by atoms with Gasteiger partial charge in [0.2, 0.25) is 0 Å². The van der Waals surface area contributed by atoms with E-state index in [1.807, 2.05) is 24.3 Å². The zero-order valence-corrected chi connectivity index (χ0v) is 11.1. The molecule has 2 aromatic heterocycles. The van der Waals surface area contributed by atoms with Crippen molar-refractivity contribution in [2.24, 2.45) is 0 Å². The zero-order chi connectivity index (χ0) is 12.8. The van der Waals surface area contributed by atoms with Crippen molar-refractivity contribution in [3.05, 3.63) is 47.6 Å². The maximum absolute atomic E-state index is 6.33. The maximum atomic E-state index is 6.33. The molecule has 0 spiro atoms. The van der Waals surface area contributed by atoms with Gasteiger partial charge in [-0.2, -0.15) is 4.37 Å². The molecular formula is C14H6ClN2OS. The van der Waals surface area contributed by atoms with Gasteiger partial charge in [0, 0.05) is 10.9 Å². The lowest BCUT2D eigenvalue weighted by molar-refractivity contribution is 0.454. The molecule has 0 atom stereocenters. The normalized spacial score (nSPS) is 11.4. The first-order valence-corrected chi connectivity index (χ1v) is 6.80. The van der Waals surface area contributed by atoms with Crippen LogP contribution < -0.4 is 0 Å². The fraction of sp³-hybridized carbons (Fsp3) is 0. The second kappa shape index (κ2) is 4.05. The summed E-state index contributed by atoms with van der Waals surface area (Å²) >= 11 is 7.78. The van der Waals surface area contributed by atoms with Crippen LogP contribution in [-0.4, -0.2) is 9.53 Å². The lowest BCUT2D eigenvalue weighted by Gasteiger charge is -2.02. The monoisotopic (exact) mass is 285 g/mol. The van der Waals surface area contributed by atoms with Gasteiger partial charge in [0.15, 0.2) is 5.58 Å². The molecule has 0 aliphatic rings. The third kappa shape index (κ3) is 1.57. The molecule has 5 heteroatoms. The third-order valence-electron chi connectivity index (χ3n) is 3.03. The minimum absolute atomic E-state index is 0.628. The minimum Gasteiger partial charge on any atom is -0.356 e. The quantitative estimate of drug-likeness (QED) is 0.515. The average Bonchev–Trinajstić information content (AvgIpc) is 3.05. The van der Waals surface area contributed by atoms with Crippen molar-refractivity contribution in [1.29, 1.82) is 0 Å². The van der Waals surface area contributed by atoms with Gasteiger partial charge < -0.3 is 4.52 Å². The first kappa shape index (κ1) is 11.0. The number of hydrogen-bond donors (Lipinski definition) is 0. The van der Waals surface area contributed by atoms with Gasteiger partial charge in [0.05, 0.1) is 20.8 Å². The SMILES string of the molecule is Clc1ccc2on[c]c2c1-c1nsc2ccccc12. The summed E-state index contributed by atoms with van der Waals surface area (Å²) in [6.45, 7) is 0. The molecule has 1 radical (unpaired) electrons. The summed E-state index contributed by atoms with van der Waals surface area (Å²) in [5.74, 6) is 0. The average molecular weight is 286 g/mol. The molecule has 3 nitrogen and oxygen atoms in total. The number of rotatable bonds is 1. The van der Waals surface area contributed by atoms with Crippen molar-refractivity contribution < 1.29 is 4.52 Å². The Hall–Kier alpha value is -1.91. The van der Waals surface area contributed by atoms with Crippen molar-refractivity contribution >= 4 is 44.2 Å². The van der Waals surface area contributed by atoms with Gasteiger partial charge in [0.25, 0.3) is 0 Å². The van der Waals surface area contributed by atoms with Crippen molar-refractivity contribution in [2.45, 2.75) is 0 Å². The molecule has 0 amide bonds. The molecule has 0 bridgehead atoms. The standard InChI is InChI=1S/C14H6ClN2OS/c15-10-5-6-11-9(7-16-18-11)13(10)14-8-3-1-2-4-12(8)19-17-14/h1-6H. The highest BCUT2D eigenvalue weighted by atomic mass is 35.5. The topological polar surface area (TPSA) is 38.9 Å². The predicted molar refractivity (Wildman–Crippen MR) is 76.5 cm³/mol. The van der Waals surface area contributed by atoms with Crippen molar-refractivity contribution in [3.8, 4) is 11.3 Å². The van der Waals surface area contributed by atoms with Crippen LogP contribution >= 0.6 is 23.1 Å². The fourth-order valence-electron chi connectivity index (χ4n) is 2.16. The smallest absolute Gasteiger partial charge is 0.168 e. The molecule has 0 unspecified atom stereocenters. The largest absolute Gasteiger partial charge is 0.356 e. The molecule has 19 heavy (non-hydrogen) atoms. The third-order valence-corrected chi connectivity index (χ3v) is 4.17.